The summed E-state index contributed by atoms with van der Waals surface area (Å²) in [5.74, 6) is -0.333. The van der Waals surface area contributed by atoms with Crippen LogP contribution in [0.4, 0.5) is 0 Å². The molecule has 0 aromatic heterocycles. The van der Waals surface area contributed by atoms with Gasteiger partial charge < -0.3 is 15.3 Å². The number of carboxylic acids is 1. The highest BCUT2D eigenvalue weighted by molar-refractivity contribution is 7.91. The number of nitrogens with one attached hydrogen (secondary N) is 1. The van der Waals surface area contributed by atoms with E-state index in [-0.39, 0.29) is 11.5 Å². The molecule has 2 N–H and O–H groups in total. The molecule has 6 nitrogen and oxygen atoms in total. The number of sulfone groups is 1. The van der Waals surface area contributed by atoms with Gasteiger partial charge in [0.25, 0.3) is 0 Å². The molecule has 0 bridgehead atoms. The topological polar surface area (TPSA) is 86.7 Å². The van der Waals surface area contributed by atoms with Crippen molar-refractivity contribution in [2.75, 3.05) is 37.7 Å². The summed E-state index contributed by atoms with van der Waals surface area (Å²) in [5.41, 5.74) is -0.895. The molecule has 1 unspecified atom stereocenters. The number of carboxylic acid groups (broad SMARTS) is 1. The lowest BCUT2D eigenvalue weighted by molar-refractivity contribution is -0.144. The molecule has 7 heteroatoms. The first kappa shape index (κ1) is 18.4. The zero-order chi connectivity index (χ0) is 15.9. The van der Waals surface area contributed by atoms with E-state index in [2.05, 4.69) is 10.2 Å². The van der Waals surface area contributed by atoms with Crippen molar-refractivity contribution in [3.63, 3.8) is 0 Å². The van der Waals surface area contributed by atoms with Crippen LogP contribution in [-0.4, -0.2) is 67.6 Å². The minimum atomic E-state index is -2.88. The molecule has 0 saturated carbocycles. The molecule has 0 aliphatic carbocycles. The van der Waals surface area contributed by atoms with Crippen LogP contribution >= 0.6 is 0 Å². The van der Waals surface area contributed by atoms with Gasteiger partial charge in [0, 0.05) is 6.54 Å². The lowest BCUT2D eigenvalue weighted by atomic mass is 9.95. The third-order valence-corrected chi connectivity index (χ3v) is 5.75. The predicted molar refractivity (Wildman–Crippen MR) is 83.3 cm³/mol. The van der Waals surface area contributed by atoms with Gasteiger partial charge in [-0.2, -0.15) is 0 Å². The quantitative estimate of drug-likeness (QED) is 0.686. The minimum absolute atomic E-state index is 0.220. The number of hydrogen-bond acceptors (Lipinski definition) is 5. The third kappa shape index (κ3) is 6.32. The van der Waals surface area contributed by atoms with E-state index in [0.29, 0.717) is 25.9 Å². The van der Waals surface area contributed by atoms with Crippen LogP contribution in [0.2, 0.25) is 0 Å². The van der Waals surface area contributed by atoms with Gasteiger partial charge in [0.1, 0.15) is 5.54 Å². The summed E-state index contributed by atoms with van der Waals surface area (Å²) in [6.07, 6.45) is 2.87. The number of hydrogen-bond donors (Lipinski definition) is 2. The monoisotopic (exact) mass is 320 g/mol. The fourth-order valence-corrected chi connectivity index (χ4v) is 3.85. The molecule has 1 heterocycles. The first-order chi connectivity index (χ1) is 9.79. The Balaban J connectivity index is 2.41. The van der Waals surface area contributed by atoms with E-state index < -0.39 is 21.3 Å². The Bertz CT molecular complexity index is 438. The summed E-state index contributed by atoms with van der Waals surface area (Å²) in [4.78, 5) is 13.5. The Morgan fingerprint density at radius 2 is 2.05 bits per heavy atom. The first-order valence-electron chi connectivity index (χ1n) is 7.70. The van der Waals surface area contributed by atoms with Crippen molar-refractivity contribution in [3.05, 3.63) is 0 Å². The van der Waals surface area contributed by atoms with Crippen LogP contribution in [-0.2, 0) is 14.6 Å². The summed E-state index contributed by atoms with van der Waals surface area (Å²) in [5, 5.41) is 12.4. The SMILES string of the molecule is CCCNC(C)(CCCN1CCCS(=O)(=O)CC1)C(=O)O. The summed E-state index contributed by atoms with van der Waals surface area (Å²) >= 11 is 0. The van der Waals surface area contributed by atoms with Crippen molar-refractivity contribution in [1.29, 1.82) is 0 Å². The van der Waals surface area contributed by atoms with Gasteiger partial charge in [-0.05, 0) is 52.2 Å². The summed E-state index contributed by atoms with van der Waals surface area (Å²) < 4.78 is 23.1. The summed E-state index contributed by atoms with van der Waals surface area (Å²) in [6.45, 7) is 6.52. The predicted octanol–water partition coefficient (Wildman–Crippen LogP) is 0.730. The fraction of sp³-hybridized carbons (Fsp3) is 0.929. The van der Waals surface area contributed by atoms with Gasteiger partial charge in [-0.15, -0.1) is 0 Å². The number of aliphatic carboxylic acids is 1. The van der Waals surface area contributed by atoms with Crippen molar-refractivity contribution in [3.8, 4) is 0 Å². The van der Waals surface area contributed by atoms with Crippen LogP contribution < -0.4 is 5.32 Å². The molecule has 1 aliphatic heterocycles. The van der Waals surface area contributed by atoms with E-state index in [0.717, 1.165) is 25.9 Å². The molecule has 0 aromatic rings. The van der Waals surface area contributed by atoms with E-state index >= 15 is 0 Å². The number of carbonyl (C=O) groups is 1. The van der Waals surface area contributed by atoms with E-state index in [1.165, 1.54) is 0 Å². The molecule has 124 valence electrons. The normalized spacial score (nSPS) is 22.4. The molecule has 0 amide bonds. The third-order valence-electron chi connectivity index (χ3n) is 4.04. The van der Waals surface area contributed by atoms with Crippen molar-refractivity contribution >= 4 is 15.8 Å². The maximum Gasteiger partial charge on any atom is 0.323 e. The lowest BCUT2D eigenvalue weighted by Gasteiger charge is -2.28. The van der Waals surface area contributed by atoms with Crippen molar-refractivity contribution in [1.82, 2.24) is 10.2 Å². The van der Waals surface area contributed by atoms with Gasteiger partial charge in [0.15, 0.2) is 9.84 Å². The molecule has 21 heavy (non-hydrogen) atoms. The van der Waals surface area contributed by atoms with Gasteiger partial charge >= 0.3 is 5.97 Å². The molecule has 0 radical (unpaired) electrons. The van der Waals surface area contributed by atoms with Crippen LogP contribution in [0, 0.1) is 0 Å². The molecule has 0 aromatic carbocycles. The average Bonchev–Trinajstić information content (AvgIpc) is 2.57. The van der Waals surface area contributed by atoms with Gasteiger partial charge in [0.2, 0.25) is 0 Å². The second-order valence-corrected chi connectivity index (χ2v) is 8.32. The largest absolute Gasteiger partial charge is 0.480 e. The van der Waals surface area contributed by atoms with E-state index in [9.17, 15) is 18.3 Å². The highest BCUT2D eigenvalue weighted by Crippen LogP contribution is 2.14. The molecular weight excluding hydrogens is 292 g/mol. The molecule has 1 atom stereocenters. The number of rotatable bonds is 8. The Morgan fingerprint density at radius 1 is 1.33 bits per heavy atom. The smallest absolute Gasteiger partial charge is 0.323 e. The summed E-state index contributed by atoms with van der Waals surface area (Å²) in [6, 6.07) is 0. The van der Waals surface area contributed by atoms with Crippen molar-refractivity contribution in [2.45, 2.75) is 45.1 Å². The van der Waals surface area contributed by atoms with Crippen LogP contribution in [0.5, 0.6) is 0 Å². The van der Waals surface area contributed by atoms with Crippen LogP contribution in [0.3, 0.4) is 0 Å². The highest BCUT2D eigenvalue weighted by Gasteiger charge is 2.31. The van der Waals surface area contributed by atoms with Gasteiger partial charge in [-0.1, -0.05) is 6.92 Å². The zero-order valence-corrected chi connectivity index (χ0v) is 13.9. The van der Waals surface area contributed by atoms with Gasteiger partial charge in [0.05, 0.1) is 11.5 Å². The maximum absolute atomic E-state index is 11.5. The lowest BCUT2D eigenvalue weighted by Crippen LogP contribution is -2.50. The second-order valence-electron chi connectivity index (χ2n) is 6.01. The fourth-order valence-electron chi connectivity index (χ4n) is 2.54. The van der Waals surface area contributed by atoms with E-state index in [4.69, 9.17) is 0 Å². The minimum Gasteiger partial charge on any atom is -0.480 e. The van der Waals surface area contributed by atoms with Crippen LogP contribution in [0.25, 0.3) is 0 Å². The van der Waals surface area contributed by atoms with Crippen LogP contribution in [0.1, 0.15) is 39.5 Å². The first-order valence-corrected chi connectivity index (χ1v) is 9.52. The Morgan fingerprint density at radius 3 is 2.67 bits per heavy atom. The Hall–Kier alpha value is -0.660. The molecular formula is C14H28N2O4S. The average molecular weight is 320 g/mol. The van der Waals surface area contributed by atoms with Gasteiger partial charge in [-0.3, -0.25) is 4.79 Å². The Labute approximate surface area is 127 Å². The highest BCUT2D eigenvalue weighted by atomic mass is 32.2. The molecule has 1 saturated heterocycles. The molecule has 1 aliphatic rings. The van der Waals surface area contributed by atoms with Crippen molar-refractivity contribution < 1.29 is 18.3 Å². The van der Waals surface area contributed by atoms with Crippen molar-refractivity contribution in [2.24, 2.45) is 0 Å². The van der Waals surface area contributed by atoms with E-state index in [1.807, 2.05) is 6.92 Å². The number of nitrogens with zero attached hydrogens (tertiary/aromatic N) is 1. The molecule has 1 rings (SSSR count). The molecule has 1 fully saturated rings. The standard InChI is InChI=1S/C14H28N2O4S/c1-3-7-15-14(2,13(17)18)6-4-8-16-9-5-11-21(19,20)12-10-16/h15H,3-12H2,1-2H3,(H,17,18). The Kier molecular flexibility index (Phi) is 7.09. The summed E-state index contributed by atoms with van der Waals surface area (Å²) in [7, 11) is -2.88. The zero-order valence-electron chi connectivity index (χ0n) is 13.1. The molecule has 0 spiro atoms. The maximum atomic E-state index is 11.5. The second kappa shape index (κ2) is 8.10. The van der Waals surface area contributed by atoms with Crippen LogP contribution in [0.15, 0.2) is 0 Å². The van der Waals surface area contributed by atoms with Gasteiger partial charge in [-0.25, -0.2) is 8.42 Å². The van der Waals surface area contributed by atoms with E-state index in [1.54, 1.807) is 6.92 Å².